The summed E-state index contributed by atoms with van der Waals surface area (Å²) in [5.74, 6) is -1.03. The molecule has 0 aliphatic heterocycles. The molecule has 0 bridgehead atoms. The summed E-state index contributed by atoms with van der Waals surface area (Å²) in [6.45, 7) is 6.33. The summed E-state index contributed by atoms with van der Waals surface area (Å²) in [6, 6.07) is 0. The van der Waals surface area contributed by atoms with Crippen LogP contribution in [-0.2, 0) is 28.6 Å². The topological polar surface area (TPSA) is 78.9 Å². The van der Waals surface area contributed by atoms with Crippen molar-refractivity contribution in [3.05, 3.63) is 158 Å². The maximum Gasteiger partial charge on any atom is 0.306 e. The van der Waals surface area contributed by atoms with Crippen LogP contribution in [0.5, 0.6) is 0 Å². The van der Waals surface area contributed by atoms with Gasteiger partial charge in [-0.25, -0.2) is 0 Å². The molecule has 456 valence electrons. The van der Waals surface area contributed by atoms with E-state index < -0.39 is 6.10 Å². The molecule has 81 heavy (non-hydrogen) atoms. The van der Waals surface area contributed by atoms with Crippen LogP contribution in [0.2, 0.25) is 0 Å². The first-order valence-electron chi connectivity index (χ1n) is 33.0. The predicted molar refractivity (Wildman–Crippen MR) is 352 cm³/mol. The number of hydrogen-bond donors (Lipinski definition) is 0. The molecular weight excluding hydrogens is 997 g/mol. The summed E-state index contributed by atoms with van der Waals surface area (Å²) >= 11 is 0. The molecule has 6 heteroatoms. The highest BCUT2D eigenvalue weighted by Gasteiger charge is 2.19. The lowest BCUT2D eigenvalue weighted by atomic mass is 10.0. The number of hydrogen-bond acceptors (Lipinski definition) is 6. The Morgan fingerprint density at radius 3 is 0.827 bits per heavy atom. The van der Waals surface area contributed by atoms with Gasteiger partial charge in [0, 0.05) is 19.3 Å². The summed E-state index contributed by atoms with van der Waals surface area (Å²) in [5, 5.41) is 0. The predicted octanol–water partition coefficient (Wildman–Crippen LogP) is 22.9. The molecule has 6 nitrogen and oxygen atoms in total. The molecule has 0 fully saturated rings. The van der Waals surface area contributed by atoms with Crippen LogP contribution in [0.25, 0.3) is 0 Å². The summed E-state index contributed by atoms with van der Waals surface area (Å²) in [6.07, 6.45) is 98.3. The monoisotopic (exact) mass is 1120 g/mol. The van der Waals surface area contributed by atoms with Gasteiger partial charge in [0.15, 0.2) is 6.10 Å². The fraction of sp³-hybridized carbons (Fsp3) is 0.613. The van der Waals surface area contributed by atoms with E-state index in [-0.39, 0.29) is 44.0 Å². The second-order valence-electron chi connectivity index (χ2n) is 21.3. The fourth-order valence-electron chi connectivity index (χ4n) is 8.64. The number of unbranched alkanes of at least 4 members (excludes halogenated alkanes) is 21. The molecule has 0 rings (SSSR count). The molecule has 1 unspecified atom stereocenters. The number of ether oxygens (including phenoxy) is 3. The van der Waals surface area contributed by atoms with Crippen molar-refractivity contribution in [2.75, 3.05) is 13.2 Å². The van der Waals surface area contributed by atoms with Crippen molar-refractivity contribution in [3.8, 4) is 0 Å². The smallest absolute Gasteiger partial charge is 0.306 e. The summed E-state index contributed by atoms with van der Waals surface area (Å²) in [4.78, 5) is 38.4. The van der Waals surface area contributed by atoms with E-state index in [4.69, 9.17) is 14.2 Å². The molecule has 0 aliphatic rings. The van der Waals surface area contributed by atoms with E-state index in [1.807, 2.05) is 6.08 Å². The van der Waals surface area contributed by atoms with Crippen LogP contribution in [0.15, 0.2) is 158 Å². The van der Waals surface area contributed by atoms with E-state index >= 15 is 0 Å². The van der Waals surface area contributed by atoms with Gasteiger partial charge >= 0.3 is 17.9 Å². The SMILES string of the molecule is CC/C=C\C/C=C\C/C=C\C/C=C\C/C=C\C/C=C\CCC(=O)OCC(COC(=O)CCCCCCCCCCCCC/C=C\C/C=C\CCCCCCC)OC(=O)CCCCCCC/C=C\C/C=C\C/C=C\C/C=C\C/C=C\CC. The van der Waals surface area contributed by atoms with Gasteiger partial charge in [0.05, 0.1) is 0 Å². The molecule has 0 spiro atoms. The molecule has 0 saturated heterocycles. The molecule has 0 heterocycles. The van der Waals surface area contributed by atoms with Gasteiger partial charge in [-0.1, -0.05) is 281 Å². The Morgan fingerprint density at radius 2 is 0.506 bits per heavy atom. The number of allylic oxidation sites excluding steroid dienone is 26. The second-order valence-corrected chi connectivity index (χ2v) is 21.3. The molecule has 1 atom stereocenters. The summed E-state index contributed by atoms with van der Waals surface area (Å²) in [7, 11) is 0. The third kappa shape index (κ3) is 65.7. The molecule has 0 amide bonds. The highest BCUT2D eigenvalue weighted by atomic mass is 16.6. The third-order valence-electron chi connectivity index (χ3n) is 13.5. The minimum absolute atomic E-state index is 0.117. The molecule has 0 N–H and O–H groups in total. The first kappa shape index (κ1) is 76.0. The van der Waals surface area contributed by atoms with Crippen LogP contribution in [0.4, 0.5) is 0 Å². The average Bonchev–Trinajstić information content (AvgIpc) is 3.47. The normalized spacial score (nSPS) is 13.2. The van der Waals surface area contributed by atoms with Crippen molar-refractivity contribution < 1.29 is 28.6 Å². The van der Waals surface area contributed by atoms with Crippen molar-refractivity contribution >= 4 is 17.9 Å². The van der Waals surface area contributed by atoms with Crippen molar-refractivity contribution in [3.63, 3.8) is 0 Å². The molecule has 0 radical (unpaired) electrons. The van der Waals surface area contributed by atoms with Gasteiger partial charge in [-0.3, -0.25) is 14.4 Å². The van der Waals surface area contributed by atoms with Crippen molar-refractivity contribution in [1.82, 2.24) is 0 Å². The molecule has 0 saturated carbocycles. The molecular formula is C75H120O6. The maximum absolute atomic E-state index is 12.9. The van der Waals surface area contributed by atoms with Gasteiger partial charge in [-0.2, -0.15) is 0 Å². The Balaban J connectivity index is 4.53. The van der Waals surface area contributed by atoms with Gasteiger partial charge in [0.1, 0.15) is 13.2 Å². The average molecular weight is 1120 g/mol. The minimum Gasteiger partial charge on any atom is -0.462 e. The number of carbonyl (C=O) groups is 3. The third-order valence-corrected chi connectivity index (χ3v) is 13.5. The molecule has 0 aliphatic carbocycles. The molecule has 0 aromatic rings. The van der Waals surface area contributed by atoms with Crippen molar-refractivity contribution in [2.45, 2.75) is 284 Å². The Morgan fingerprint density at radius 1 is 0.259 bits per heavy atom. The maximum atomic E-state index is 12.9. The minimum atomic E-state index is -0.830. The first-order valence-corrected chi connectivity index (χ1v) is 33.0. The van der Waals surface area contributed by atoms with E-state index in [2.05, 4.69) is 173 Å². The van der Waals surface area contributed by atoms with Crippen LogP contribution in [0, 0.1) is 0 Å². The first-order chi connectivity index (χ1) is 40.0. The van der Waals surface area contributed by atoms with Crippen LogP contribution in [0.3, 0.4) is 0 Å². The zero-order valence-electron chi connectivity index (χ0n) is 52.2. The van der Waals surface area contributed by atoms with Crippen LogP contribution < -0.4 is 0 Å². The van der Waals surface area contributed by atoms with Gasteiger partial charge in [0.2, 0.25) is 0 Å². The highest BCUT2D eigenvalue weighted by Crippen LogP contribution is 2.15. The standard InChI is InChI=1S/C75H120O6/c1-4-7-10-13-16-19-22-25-28-31-34-36-37-39-41-44-47-50-53-56-59-62-65-68-74(77)80-71-72(70-79-73(76)67-64-61-58-55-52-49-46-43-40-33-30-27-24-21-18-15-12-9-6-3)81-75(78)69-66-63-60-57-54-51-48-45-42-38-35-32-29-26-23-20-17-14-11-8-5-2/h8-9,11-12,17-18,20-22,25-27,29-31,34-35,38,40,43,45,48-49,52,58,61,72H,4-7,10,13-16,19,23-24,28,32-33,36-37,39,41-42,44,46-47,50-51,53-57,59-60,62-71H2,1-3H3/b11-8-,12-9-,20-17-,21-18-,25-22-,29-26-,30-27-,34-31-,38-35-,43-40-,48-45-,52-49-,61-58-. The largest absolute Gasteiger partial charge is 0.462 e. The quantitative estimate of drug-likeness (QED) is 0.0261. The fourth-order valence-corrected chi connectivity index (χ4v) is 8.64. The molecule has 0 aromatic heterocycles. The Hall–Kier alpha value is -4.97. The number of rotatable bonds is 58. The number of esters is 3. The van der Waals surface area contributed by atoms with Crippen molar-refractivity contribution in [1.29, 1.82) is 0 Å². The number of carbonyl (C=O) groups excluding carboxylic acids is 3. The van der Waals surface area contributed by atoms with Gasteiger partial charge in [-0.15, -0.1) is 0 Å². The summed E-state index contributed by atoms with van der Waals surface area (Å²) in [5.41, 5.74) is 0. The summed E-state index contributed by atoms with van der Waals surface area (Å²) < 4.78 is 16.9. The zero-order chi connectivity index (χ0) is 58.5. The van der Waals surface area contributed by atoms with E-state index in [0.29, 0.717) is 12.8 Å². The Labute approximate surface area is 499 Å². The van der Waals surface area contributed by atoms with E-state index in [9.17, 15) is 14.4 Å². The zero-order valence-corrected chi connectivity index (χ0v) is 52.2. The van der Waals surface area contributed by atoms with Crippen LogP contribution in [-0.4, -0.2) is 37.2 Å². The Kier molecular flexibility index (Phi) is 63.4. The van der Waals surface area contributed by atoms with Gasteiger partial charge in [-0.05, 0) is 135 Å². The van der Waals surface area contributed by atoms with Crippen LogP contribution >= 0.6 is 0 Å². The molecule has 0 aromatic carbocycles. The lowest BCUT2D eigenvalue weighted by Crippen LogP contribution is -2.30. The lowest BCUT2D eigenvalue weighted by molar-refractivity contribution is -0.166. The van der Waals surface area contributed by atoms with Gasteiger partial charge in [0.25, 0.3) is 0 Å². The Bertz CT molecular complexity index is 1810. The van der Waals surface area contributed by atoms with E-state index in [1.54, 1.807) is 0 Å². The van der Waals surface area contributed by atoms with Gasteiger partial charge < -0.3 is 14.2 Å². The van der Waals surface area contributed by atoms with E-state index in [0.717, 1.165) is 135 Å². The van der Waals surface area contributed by atoms with E-state index in [1.165, 1.54) is 96.3 Å². The van der Waals surface area contributed by atoms with Crippen molar-refractivity contribution in [2.24, 2.45) is 0 Å². The van der Waals surface area contributed by atoms with Crippen LogP contribution in [0.1, 0.15) is 278 Å². The second kappa shape index (κ2) is 67.5. The lowest BCUT2D eigenvalue weighted by Gasteiger charge is -2.18. The highest BCUT2D eigenvalue weighted by molar-refractivity contribution is 5.71.